The SMILES string of the molecule is CCCN(C(=O)c1cc2c(s1)CCSC2)C1CNC1. The minimum absolute atomic E-state index is 0.248. The van der Waals surface area contributed by atoms with E-state index in [1.165, 1.54) is 16.2 Å². The molecule has 3 heterocycles. The summed E-state index contributed by atoms with van der Waals surface area (Å²) in [5.74, 6) is 2.53. The fraction of sp³-hybridized carbons (Fsp3) is 0.643. The number of thioether (sulfide) groups is 1. The molecule has 1 fully saturated rings. The van der Waals surface area contributed by atoms with Gasteiger partial charge in [0, 0.05) is 30.3 Å². The monoisotopic (exact) mass is 296 g/mol. The number of aryl methyl sites for hydroxylation is 1. The van der Waals surface area contributed by atoms with Gasteiger partial charge in [0.25, 0.3) is 5.91 Å². The van der Waals surface area contributed by atoms with E-state index in [2.05, 4.69) is 23.2 Å². The minimum Gasteiger partial charge on any atom is -0.332 e. The Hall–Kier alpha value is -0.520. The highest BCUT2D eigenvalue weighted by Gasteiger charge is 2.30. The van der Waals surface area contributed by atoms with Crippen LogP contribution in [0.2, 0.25) is 0 Å². The largest absolute Gasteiger partial charge is 0.332 e. The Balaban J connectivity index is 1.78. The molecule has 19 heavy (non-hydrogen) atoms. The van der Waals surface area contributed by atoms with Crippen LogP contribution in [0.1, 0.15) is 33.5 Å². The van der Waals surface area contributed by atoms with E-state index in [-0.39, 0.29) is 5.91 Å². The van der Waals surface area contributed by atoms with E-state index < -0.39 is 0 Å². The predicted octanol–water partition coefficient (Wildman–Crippen LogP) is 2.36. The summed E-state index contributed by atoms with van der Waals surface area (Å²) in [6.45, 7) is 4.92. The lowest BCUT2D eigenvalue weighted by Gasteiger charge is -2.38. The zero-order valence-electron chi connectivity index (χ0n) is 11.3. The second-order valence-electron chi connectivity index (χ2n) is 5.17. The molecule has 1 N–H and O–H groups in total. The van der Waals surface area contributed by atoms with Gasteiger partial charge in [0.1, 0.15) is 0 Å². The van der Waals surface area contributed by atoms with E-state index in [1.54, 1.807) is 11.3 Å². The van der Waals surface area contributed by atoms with E-state index in [1.807, 2.05) is 11.8 Å². The fourth-order valence-corrected chi connectivity index (χ4v) is 4.91. The first-order valence-corrected chi connectivity index (χ1v) is 8.97. The summed E-state index contributed by atoms with van der Waals surface area (Å²) < 4.78 is 0. The summed E-state index contributed by atoms with van der Waals surface area (Å²) in [6, 6.07) is 2.55. The average molecular weight is 296 g/mol. The molecular formula is C14H20N2OS2. The van der Waals surface area contributed by atoms with Gasteiger partial charge in [-0.1, -0.05) is 6.92 Å². The van der Waals surface area contributed by atoms with Crippen molar-refractivity contribution < 1.29 is 4.79 Å². The lowest BCUT2D eigenvalue weighted by molar-refractivity contribution is 0.0621. The summed E-state index contributed by atoms with van der Waals surface area (Å²) in [5.41, 5.74) is 1.40. The lowest BCUT2D eigenvalue weighted by atomic mass is 10.1. The highest BCUT2D eigenvalue weighted by Crippen LogP contribution is 2.32. The maximum atomic E-state index is 12.7. The van der Waals surface area contributed by atoms with Crippen molar-refractivity contribution in [3.05, 3.63) is 21.4 Å². The van der Waals surface area contributed by atoms with Crippen LogP contribution in [0.4, 0.5) is 0 Å². The second-order valence-corrected chi connectivity index (χ2v) is 7.41. The third kappa shape index (κ3) is 2.69. The van der Waals surface area contributed by atoms with Crippen LogP contribution in [-0.4, -0.2) is 42.2 Å². The maximum Gasteiger partial charge on any atom is 0.264 e. The van der Waals surface area contributed by atoms with Gasteiger partial charge in [-0.3, -0.25) is 4.79 Å². The number of amides is 1. The number of nitrogens with zero attached hydrogens (tertiary/aromatic N) is 1. The number of fused-ring (bicyclic) bond motifs is 1. The molecule has 0 radical (unpaired) electrons. The zero-order chi connectivity index (χ0) is 13.2. The number of carbonyl (C=O) groups is 1. The van der Waals surface area contributed by atoms with E-state index in [0.717, 1.165) is 43.1 Å². The van der Waals surface area contributed by atoms with Gasteiger partial charge in [-0.15, -0.1) is 11.3 Å². The van der Waals surface area contributed by atoms with E-state index >= 15 is 0 Å². The van der Waals surface area contributed by atoms with E-state index in [0.29, 0.717) is 6.04 Å². The molecule has 0 aliphatic carbocycles. The molecule has 0 unspecified atom stereocenters. The first-order chi connectivity index (χ1) is 9.29. The summed E-state index contributed by atoms with van der Waals surface area (Å²) in [7, 11) is 0. The van der Waals surface area contributed by atoms with Crippen LogP contribution in [0.25, 0.3) is 0 Å². The number of nitrogens with one attached hydrogen (secondary N) is 1. The summed E-state index contributed by atoms with van der Waals surface area (Å²) >= 11 is 3.70. The summed E-state index contributed by atoms with van der Waals surface area (Å²) in [6.07, 6.45) is 2.17. The molecule has 0 atom stereocenters. The topological polar surface area (TPSA) is 32.3 Å². The third-order valence-corrected chi connectivity index (χ3v) is 6.00. The van der Waals surface area contributed by atoms with Crippen LogP contribution < -0.4 is 5.32 Å². The van der Waals surface area contributed by atoms with Gasteiger partial charge < -0.3 is 10.2 Å². The van der Waals surface area contributed by atoms with E-state index in [4.69, 9.17) is 0 Å². The molecule has 3 nitrogen and oxygen atoms in total. The smallest absolute Gasteiger partial charge is 0.264 e. The van der Waals surface area contributed by atoms with Gasteiger partial charge in [0.15, 0.2) is 0 Å². The number of thiophene rings is 1. The molecule has 2 aliphatic rings. The Bertz CT molecular complexity index is 445. The molecule has 1 saturated heterocycles. The number of hydrogen-bond donors (Lipinski definition) is 1. The first-order valence-electron chi connectivity index (χ1n) is 7.00. The number of hydrogen-bond acceptors (Lipinski definition) is 4. The number of rotatable bonds is 4. The molecule has 0 saturated carbocycles. The Morgan fingerprint density at radius 3 is 3.00 bits per heavy atom. The Labute approximate surface area is 122 Å². The van der Waals surface area contributed by atoms with E-state index in [9.17, 15) is 4.79 Å². The fourth-order valence-electron chi connectivity index (χ4n) is 2.58. The number of carbonyl (C=O) groups excluding carboxylic acids is 1. The van der Waals surface area contributed by atoms with Gasteiger partial charge in [-0.2, -0.15) is 11.8 Å². The van der Waals surface area contributed by atoms with Crippen LogP contribution in [0, 0.1) is 0 Å². The van der Waals surface area contributed by atoms with Crippen molar-refractivity contribution in [2.45, 2.75) is 31.6 Å². The average Bonchev–Trinajstić information content (AvgIpc) is 2.79. The van der Waals surface area contributed by atoms with Crippen LogP contribution in [-0.2, 0) is 12.2 Å². The highest BCUT2D eigenvalue weighted by molar-refractivity contribution is 7.98. The van der Waals surface area contributed by atoms with Crippen molar-refractivity contribution in [2.24, 2.45) is 0 Å². The van der Waals surface area contributed by atoms with Crippen molar-refractivity contribution in [3.63, 3.8) is 0 Å². The van der Waals surface area contributed by atoms with Crippen LogP contribution in [0.3, 0.4) is 0 Å². The predicted molar refractivity (Wildman–Crippen MR) is 82.2 cm³/mol. The summed E-state index contributed by atoms with van der Waals surface area (Å²) in [5, 5.41) is 3.26. The van der Waals surface area contributed by atoms with Crippen LogP contribution in [0.15, 0.2) is 6.07 Å². The molecule has 1 aromatic rings. The zero-order valence-corrected chi connectivity index (χ0v) is 12.9. The molecular weight excluding hydrogens is 276 g/mol. The van der Waals surface area contributed by atoms with Gasteiger partial charge >= 0.3 is 0 Å². The van der Waals surface area contributed by atoms with Crippen molar-refractivity contribution in [3.8, 4) is 0 Å². The molecule has 104 valence electrons. The van der Waals surface area contributed by atoms with Crippen LogP contribution >= 0.6 is 23.1 Å². The molecule has 3 rings (SSSR count). The minimum atomic E-state index is 0.248. The second kappa shape index (κ2) is 5.85. The normalized spacial score (nSPS) is 18.8. The first kappa shape index (κ1) is 13.5. The van der Waals surface area contributed by atoms with Crippen molar-refractivity contribution in [2.75, 3.05) is 25.4 Å². The van der Waals surface area contributed by atoms with Crippen LogP contribution in [0.5, 0.6) is 0 Å². The molecule has 1 amide bonds. The van der Waals surface area contributed by atoms with Gasteiger partial charge in [0.2, 0.25) is 0 Å². The maximum absolute atomic E-state index is 12.7. The Morgan fingerprint density at radius 2 is 2.37 bits per heavy atom. The Kier molecular flexibility index (Phi) is 4.15. The molecule has 1 aromatic heterocycles. The quantitative estimate of drug-likeness (QED) is 0.926. The van der Waals surface area contributed by atoms with Crippen molar-refractivity contribution >= 4 is 29.0 Å². The summed E-state index contributed by atoms with van der Waals surface area (Å²) in [4.78, 5) is 17.1. The van der Waals surface area contributed by atoms with Crippen molar-refractivity contribution in [1.82, 2.24) is 10.2 Å². The Morgan fingerprint density at radius 1 is 1.53 bits per heavy atom. The van der Waals surface area contributed by atoms with Gasteiger partial charge in [0.05, 0.1) is 10.9 Å². The van der Waals surface area contributed by atoms with Gasteiger partial charge in [-0.25, -0.2) is 0 Å². The lowest BCUT2D eigenvalue weighted by Crippen LogP contribution is -2.58. The molecule has 2 aliphatic heterocycles. The molecule has 0 aromatic carbocycles. The van der Waals surface area contributed by atoms with Gasteiger partial charge in [-0.05, 0) is 30.2 Å². The standard InChI is InChI=1S/C14H20N2OS2/c1-2-4-16(11-7-15-8-11)14(17)13-6-10-9-18-5-3-12(10)19-13/h6,11,15H,2-5,7-9H2,1H3. The van der Waals surface area contributed by atoms with Crippen molar-refractivity contribution in [1.29, 1.82) is 0 Å². The molecule has 5 heteroatoms. The highest BCUT2D eigenvalue weighted by atomic mass is 32.2. The molecule has 0 bridgehead atoms. The molecule has 0 spiro atoms. The third-order valence-electron chi connectivity index (χ3n) is 3.76.